The minimum absolute atomic E-state index is 0.158. The number of rotatable bonds is 5. The number of aliphatic hydroxyl groups excluding tert-OH is 2. The molecule has 2 unspecified atom stereocenters. The van der Waals surface area contributed by atoms with Crippen molar-refractivity contribution in [3.05, 3.63) is 29.8 Å². The van der Waals surface area contributed by atoms with Gasteiger partial charge in [-0.25, -0.2) is 4.79 Å². The molecule has 0 heterocycles. The molecule has 0 aromatic heterocycles. The largest absolute Gasteiger partial charge is 0.497 e. The maximum atomic E-state index is 11.2. The van der Waals surface area contributed by atoms with Crippen LogP contribution >= 0.6 is 0 Å². The van der Waals surface area contributed by atoms with Crippen molar-refractivity contribution in [1.82, 2.24) is 0 Å². The van der Waals surface area contributed by atoms with E-state index in [4.69, 9.17) is 4.74 Å². The summed E-state index contributed by atoms with van der Waals surface area (Å²) < 4.78 is 9.58. The topological polar surface area (TPSA) is 76.0 Å². The highest BCUT2D eigenvalue weighted by Gasteiger charge is 2.26. The van der Waals surface area contributed by atoms with Crippen LogP contribution in [0.1, 0.15) is 18.6 Å². The Morgan fingerprint density at radius 2 is 1.88 bits per heavy atom. The van der Waals surface area contributed by atoms with Crippen LogP contribution in [0.15, 0.2) is 24.3 Å². The van der Waals surface area contributed by atoms with Crippen LogP contribution in [0, 0.1) is 0 Å². The van der Waals surface area contributed by atoms with E-state index in [1.54, 1.807) is 31.2 Å². The van der Waals surface area contributed by atoms with Gasteiger partial charge in [-0.15, -0.1) is 0 Å². The van der Waals surface area contributed by atoms with Crippen molar-refractivity contribution >= 4 is 5.97 Å². The van der Waals surface area contributed by atoms with Gasteiger partial charge >= 0.3 is 5.97 Å². The van der Waals surface area contributed by atoms with Crippen molar-refractivity contribution in [3.8, 4) is 5.75 Å². The second-order valence-electron chi connectivity index (χ2n) is 3.41. The number of hydrogen-bond acceptors (Lipinski definition) is 5. The number of aliphatic hydroxyl groups is 2. The Morgan fingerprint density at radius 1 is 1.29 bits per heavy atom. The summed E-state index contributed by atoms with van der Waals surface area (Å²) in [5, 5.41) is 19.3. The molecule has 0 aliphatic heterocycles. The molecule has 17 heavy (non-hydrogen) atoms. The summed E-state index contributed by atoms with van der Waals surface area (Å²) in [5.74, 6) is -0.206. The highest BCUT2D eigenvalue weighted by Crippen LogP contribution is 2.20. The zero-order chi connectivity index (χ0) is 12.8. The molecular weight excluding hydrogens is 224 g/mol. The maximum absolute atomic E-state index is 11.2. The molecule has 5 heteroatoms. The quantitative estimate of drug-likeness (QED) is 0.739. The Labute approximate surface area is 99.6 Å². The number of benzene rings is 1. The molecule has 0 aliphatic rings. The van der Waals surface area contributed by atoms with Crippen molar-refractivity contribution in [2.45, 2.75) is 19.1 Å². The first kappa shape index (κ1) is 13.5. The van der Waals surface area contributed by atoms with Gasteiger partial charge in [0.05, 0.1) is 13.7 Å². The van der Waals surface area contributed by atoms with Gasteiger partial charge in [0.15, 0.2) is 6.10 Å². The van der Waals surface area contributed by atoms with E-state index in [0.29, 0.717) is 11.3 Å². The number of esters is 1. The van der Waals surface area contributed by atoms with Crippen molar-refractivity contribution < 1.29 is 24.5 Å². The van der Waals surface area contributed by atoms with Gasteiger partial charge in [0.2, 0.25) is 0 Å². The summed E-state index contributed by atoms with van der Waals surface area (Å²) in [6.45, 7) is 1.79. The van der Waals surface area contributed by atoms with Gasteiger partial charge in [0.1, 0.15) is 11.9 Å². The Hall–Kier alpha value is -1.59. The van der Waals surface area contributed by atoms with Crippen LogP contribution in [0.25, 0.3) is 0 Å². The second-order valence-corrected chi connectivity index (χ2v) is 3.41. The molecule has 0 saturated heterocycles. The Morgan fingerprint density at radius 3 is 2.35 bits per heavy atom. The third-order valence-electron chi connectivity index (χ3n) is 2.28. The van der Waals surface area contributed by atoms with Gasteiger partial charge in [-0.1, -0.05) is 12.1 Å². The normalized spacial score (nSPS) is 13.9. The minimum atomic E-state index is -1.58. The lowest BCUT2D eigenvalue weighted by atomic mass is 10.0. The van der Waals surface area contributed by atoms with E-state index in [1.807, 2.05) is 0 Å². The van der Waals surface area contributed by atoms with Crippen LogP contribution in [0.5, 0.6) is 5.75 Å². The lowest BCUT2D eigenvalue weighted by Gasteiger charge is -2.16. The second kappa shape index (κ2) is 6.22. The number of carbonyl (C=O) groups is 1. The van der Waals surface area contributed by atoms with Gasteiger partial charge in [0, 0.05) is 0 Å². The van der Waals surface area contributed by atoms with E-state index < -0.39 is 18.2 Å². The predicted octanol–water partition coefficient (Wildman–Crippen LogP) is 0.653. The van der Waals surface area contributed by atoms with E-state index in [2.05, 4.69) is 4.74 Å². The molecule has 2 N–H and O–H groups in total. The molecule has 1 aromatic rings. The van der Waals surface area contributed by atoms with Crippen molar-refractivity contribution in [2.24, 2.45) is 0 Å². The van der Waals surface area contributed by atoms with Crippen LogP contribution in [0.4, 0.5) is 0 Å². The molecule has 0 amide bonds. The van der Waals surface area contributed by atoms with Crippen LogP contribution in [-0.2, 0) is 9.53 Å². The molecular formula is C12H16O5. The third-order valence-corrected chi connectivity index (χ3v) is 2.28. The molecule has 0 bridgehead atoms. The zero-order valence-electron chi connectivity index (χ0n) is 9.79. The Kier molecular flexibility index (Phi) is 4.93. The van der Waals surface area contributed by atoms with E-state index in [9.17, 15) is 15.0 Å². The van der Waals surface area contributed by atoms with Gasteiger partial charge in [-0.3, -0.25) is 0 Å². The van der Waals surface area contributed by atoms with E-state index >= 15 is 0 Å². The van der Waals surface area contributed by atoms with Crippen LogP contribution < -0.4 is 4.74 Å². The summed E-state index contributed by atoms with van der Waals surface area (Å²) in [6.07, 6.45) is -2.89. The lowest BCUT2D eigenvalue weighted by Crippen LogP contribution is -2.29. The molecule has 0 spiro atoms. The summed E-state index contributed by atoms with van der Waals surface area (Å²) in [6, 6.07) is 6.42. The molecule has 0 saturated carbocycles. The Balaban J connectivity index is 2.73. The summed E-state index contributed by atoms with van der Waals surface area (Å²) in [4.78, 5) is 11.2. The van der Waals surface area contributed by atoms with Crippen LogP contribution in [0.2, 0.25) is 0 Å². The van der Waals surface area contributed by atoms with Crippen molar-refractivity contribution in [3.63, 3.8) is 0 Å². The molecule has 1 rings (SSSR count). The average Bonchev–Trinajstić information content (AvgIpc) is 2.37. The monoisotopic (exact) mass is 240 g/mol. The van der Waals surface area contributed by atoms with E-state index in [-0.39, 0.29) is 6.61 Å². The first-order chi connectivity index (χ1) is 8.10. The summed E-state index contributed by atoms with van der Waals surface area (Å²) in [7, 11) is 1.53. The van der Waals surface area contributed by atoms with Gasteiger partial charge in [0.25, 0.3) is 0 Å². The summed E-state index contributed by atoms with van der Waals surface area (Å²) >= 11 is 0. The lowest BCUT2D eigenvalue weighted by molar-refractivity contribution is -0.159. The van der Waals surface area contributed by atoms with Crippen molar-refractivity contribution in [2.75, 3.05) is 13.7 Å². The summed E-state index contributed by atoms with van der Waals surface area (Å²) in [5.41, 5.74) is 0.423. The SMILES string of the molecule is CCOC(=O)C(O)C(O)c1ccc(OC)cc1. The zero-order valence-corrected chi connectivity index (χ0v) is 9.79. The molecule has 5 nitrogen and oxygen atoms in total. The standard InChI is InChI=1S/C12H16O5/c1-3-17-12(15)11(14)10(13)8-4-6-9(16-2)7-5-8/h4-7,10-11,13-14H,3H2,1-2H3. The van der Waals surface area contributed by atoms with Crippen LogP contribution in [0.3, 0.4) is 0 Å². The average molecular weight is 240 g/mol. The molecule has 94 valence electrons. The Bertz CT molecular complexity index is 360. The highest BCUT2D eigenvalue weighted by atomic mass is 16.5. The van der Waals surface area contributed by atoms with Gasteiger partial charge in [-0.2, -0.15) is 0 Å². The van der Waals surface area contributed by atoms with E-state index in [0.717, 1.165) is 0 Å². The fourth-order valence-electron chi connectivity index (χ4n) is 1.34. The molecule has 0 aliphatic carbocycles. The minimum Gasteiger partial charge on any atom is -0.497 e. The molecule has 1 aromatic carbocycles. The van der Waals surface area contributed by atoms with Gasteiger partial charge in [-0.05, 0) is 24.6 Å². The number of methoxy groups -OCH3 is 1. The number of carbonyl (C=O) groups excluding carboxylic acids is 1. The first-order valence-corrected chi connectivity index (χ1v) is 5.26. The van der Waals surface area contributed by atoms with Crippen LogP contribution in [-0.4, -0.2) is 36.0 Å². The maximum Gasteiger partial charge on any atom is 0.338 e. The fourth-order valence-corrected chi connectivity index (χ4v) is 1.34. The highest BCUT2D eigenvalue weighted by molar-refractivity contribution is 5.75. The van der Waals surface area contributed by atoms with Gasteiger partial charge < -0.3 is 19.7 Å². The number of hydrogen-bond donors (Lipinski definition) is 2. The van der Waals surface area contributed by atoms with E-state index in [1.165, 1.54) is 7.11 Å². The third kappa shape index (κ3) is 3.44. The smallest absolute Gasteiger partial charge is 0.338 e. The van der Waals surface area contributed by atoms with Crippen molar-refractivity contribution in [1.29, 1.82) is 0 Å². The molecule has 0 radical (unpaired) electrons. The molecule has 2 atom stereocenters. The predicted molar refractivity (Wildman–Crippen MR) is 60.6 cm³/mol. The number of ether oxygens (including phenoxy) is 2. The fraction of sp³-hybridized carbons (Fsp3) is 0.417. The molecule has 0 fully saturated rings. The first-order valence-electron chi connectivity index (χ1n) is 5.26.